The zero-order valence-electron chi connectivity index (χ0n) is 17.5. The number of benzene rings is 1. The Bertz CT molecular complexity index is 1210. The van der Waals surface area contributed by atoms with Crippen molar-refractivity contribution in [3.8, 4) is 17.0 Å². The van der Waals surface area contributed by atoms with E-state index in [1.54, 1.807) is 13.3 Å². The van der Waals surface area contributed by atoms with Crippen molar-refractivity contribution in [2.45, 2.75) is 26.1 Å². The molecule has 31 heavy (non-hydrogen) atoms. The van der Waals surface area contributed by atoms with Crippen molar-refractivity contribution in [3.05, 3.63) is 48.3 Å². The molecule has 0 aliphatic carbocycles. The summed E-state index contributed by atoms with van der Waals surface area (Å²) in [5.41, 5.74) is 4.85. The number of nitrogens with one attached hydrogen (secondary N) is 1. The summed E-state index contributed by atoms with van der Waals surface area (Å²) in [6, 6.07) is 10.2. The van der Waals surface area contributed by atoms with Crippen LogP contribution in [0.4, 0.5) is 0 Å². The van der Waals surface area contributed by atoms with Crippen LogP contribution < -0.4 is 4.74 Å². The van der Waals surface area contributed by atoms with E-state index in [1.807, 2.05) is 18.2 Å². The first-order chi connectivity index (χ1) is 15.1. The number of ether oxygens (including phenoxy) is 2. The number of pyridine rings is 1. The standard InChI is InChI=1S/C22H23IN6O2/c1-13-11-29(12-14(2)31-13)20-10-19(25-23-26-20)22-17-8-15(4-5-18(17)27-28-22)16-6-7-24-21(9-16)30-3/h4-10,13-14H,11-12H2,1-3H3,(H,27,28)/t13-,14+. The SMILES string of the molecule is COc1cc(-c2ccc3[nH]nc(C4=CC(N5C[C@@H](C)O[C@@H](C)C5)=NI=N4)c3c2)ccn1. The van der Waals surface area contributed by atoms with E-state index in [0.717, 1.165) is 52.3 Å². The molecule has 3 aromatic rings. The van der Waals surface area contributed by atoms with Crippen LogP contribution in [0.15, 0.2) is 49.0 Å². The Hall–Kier alpha value is -2.66. The molecular weight excluding hydrogens is 507 g/mol. The minimum atomic E-state index is -0.661. The number of morpholine rings is 1. The second-order valence-electron chi connectivity index (χ2n) is 7.71. The Balaban J connectivity index is 1.50. The van der Waals surface area contributed by atoms with Gasteiger partial charge in [0.15, 0.2) is 0 Å². The molecule has 2 atom stereocenters. The molecule has 160 valence electrons. The van der Waals surface area contributed by atoms with E-state index in [4.69, 9.17) is 15.8 Å². The van der Waals surface area contributed by atoms with E-state index in [9.17, 15) is 0 Å². The quantitative estimate of drug-likeness (QED) is 0.502. The van der Waals surface area contributed by atoms with Crippen LogP contribution in [0.1, 0.15) is 19.5 Å². The van der Waals surface area contributed by atoms with Gasteiger partial charge < -0.3 is 14.4 Å². The summed E-state index contributed by atoms with van der Waals surface area (Å²) in [5, 5.41) is 8.78. The first kappa shape index (κ1) is 20.3. The summed E-state index contributed by atoms with van der Waals surface area (Å²) >= 11 is -0.661. The van der Waals surface area contributed by atoms with Gasteiger partial charge in [0.1, 0.15) is 38.5 Å². The Kier molecular flexibility index (Phi) is 5.53. The van der Waals surface area contributed by atoms with Crippen LogP contribution >= 0.6 is 21.3 Å². The van der Waals surface area contributed by atoms with Crippen molar-refractivity contribution in [2.75, 3.05) is 20.2 Å². The van der Waals surface area contributed by atoms with Gasteiger partial charge in [-0.05, 0) is 43.2 Å². The molecule has 0 amide bonds. The number of H-pyrrole nitrogens is 1. The maximum Gasteiger partial charge on any atom is 0.213 e. The molecule has 9 heteroatoms. The Labute approximate surface area is 190 Å². The van der Waals surface area contributed by atoms with Gasteiger partial charge in [0, 0.05) is 36.8 Å². The Morgan fingerprint density at radius 3 is 2.74 bits per heavy atom. The molecule has 0 radical (unpaired) electrons. The third kappa shape index (κ3) is 4.11. The number of aromatic nitrogens is 3. The number of amidine groups is 1. The number of fused-ring (bicyclic) bond motifs is 1. The molecule has 1 fully saturated rings. The predicted octanol–water partition coefficient (Wildman–Crippen LogP) is 4.57. The molecule has 0 spiro atoms. The monoisotopic (exact) mass is 530 g/mol. The van der Waals surface area contributed by atoms with Crippen molar-refractivity contribution in [2.24, 2.45) is 6.35 Å². The molecule has 1 aromatic carbocycles. The zero-order chi connectivity index (χ0) is 21.4. The molecule has 0 saturated carbocycles. The smallest absolute Gasteiger partial charge is 0.213 e. The van der Waals surface area contributed by atoms with Gasteiger partial charge in [-0.15, -0.1) is 0 Å². The van der Waals surface area contributed by atoms with Gasteiger partial charge in [-0.1, -0.05) is 6.07 Å². The fraction of sp³-hybridized carbons (Fsp3) is 0.318. The number of halogens is 1. The highest BCUT2D eigenvalue weighted by molar-refractivity contribution is 14.1. The van der Waals surface area contributed by atoms with Gasteiger partial charge in [0.25, 0.3) is 0 Å². The number of hydrogen-bond donors (Lipinski definition) is 1. The lowest BCUT2D eigenvalue weighted by Crippen LogP contribution is -2.47. The summed E-state index contributed by atoms with van der Waals surface area (Å²) in [7, 11) is 1.62. The van der Waals surface area contributed by atoms with Crippen LogP contribution in [0.3, 0.4) is 0 Å². The molecule has 8 nitrogen and oxygen atoms in total. The van der Waals surface area contributed by atoms with Gasteiger partial charge in [-0.3, -0.25) is 5.10 Å². The second kappa shape index (κ2) is 8.46. The minimum Gasteiger partial charge on any atom is -0.481 e. The first-order valence-corrected chi connectivity index (χ1v) is 12.1. The van der Waals surface area contributed by atoms with Crippen molar-refractivity contribution in [3.63, 3.8) is 0 Å². The molecule has 2 aliphatic heterocycles. The molecule has 2 aliphatic rings. The van der Waals surface area contributed by atoms with Crippen LogP contribution in [-0.4, -0.2) is 58.3 Å². The Morgan fingerprint density at radius 2 is 1.94 bits per heavy atom. The molecule has 1 saturated heterocycles. The minimum absolute atomic E-state index is 0.187. The average molecular weight is 530 g/mol. The maximum absolute atomic E-state index is 5.87. The summed E-state index contributed by atoms with van der Waals surface area (Å²) in [6.45, 7) is 5.89. The summed E-state index contributed by atoms with van der Waals surface area (Å²) in [4.78, 5) is 6.50. The van der Waals surface area contributed by atoms with E-state index < -0.39 is 21.3 Å². The molecule has 0 bridgehead atoms. The predicted molar refractivity (Wildman–Crippen MR) is 129 cm³/mol. The van der Waals surface area contributed by atoms with E-state index in [0.29, 0.717) is 5.88 Å². The highest BCUT2D eigenvalue weighted by Gasteiger charge is 2.25. The number of hydrogen-bond acceptors (Lipinski definition) is 7. The molecule has 2 aromatic heterocycles. The third-order valence-corrected chi connectivity index (χ3v) is 6.79. The fourth-order valence-electron chi connectivity index (χ4n) is 3.98. The average Bonchev–Trinajstić information content (AvgIpc) is 3.22. The third-order valence-electron chi connectivity index (χ3n) is 5.35. The first-order valence-electron chi connectivity index (χ1n) is 10.1. The van der Waals surface area contributed by atoms with E-state index in [-0.39, 0.29) is 12.2 Å². The highest BCUT2D eigenvalue weighted by Crippen LogP contribution is 2.33. The van der Waals surface area contributed by atoms with Crippen LogP contribution in [0.5, 0.6) is 5.88 Å². The largest absolute Gasteiger partial charge is 0.481 e. The summed E-state index contributed by atoms with van der Waals surface area (Å²) in [6.07, 6.45) is 4.19. The lowest BCUT2D eigenvalue weighted by atomic mass is 10.0. The van der Waals surface area contributed by atoms with Gasteiger partial charge >= 0.3 is 0 Å². The van der Waals surface area contributed by atoms with Crippen LogP contribution in [0.2, 0.25) is 0 Å². The molecule has 5 rings (SSSR count). The van der Waals surface area contributed by atoms with Gasteiger partial charge in [-0.25, -0.2) is 8.13 Å². The molecular formula is C22H23IN6O2. The number of aromatic amines is 1. The number of rotatable bonds is 3. The lowest BCUT2D eigenvalue weighted by Gasteiger charge is -2.36. The molecule has 4 heterocycles. The topological polar surface area (TPSA) is 88.0 Å². The van der Waals surface area contributed by atoms with Crippen molar-refractivity contribution in [1.29, 1.82) is 0 Å². The summed E-state index contributed by atoms with van der Waals surface area (Å²) in [5.74, 6) is 1.58. The van der Waals surface area contributed by atoms with Crippen molar-refractivity contribution >= 4 is 43.7 Å². The number of nitrogens with zero attached hydrogens (tertiary/aromatic N) is 5. The lowest BCUT2D eigenvalue weighted by molar-refractivity contribution is -0.0476. The van der Waals surface area contributed by atoms with Crippen LogP contribution in [0.25, 0.3) is 27.7 Å². The highest BCUT2D eigenvalue weighted by atomic mass is 127. The van der Waals surface area contributed by atoms with Gasteiger partial charge in [0.05, 0.1) is 24.8 Å². The number of methoxy groups -OCH3 is 1. The van der Waals surface area contributed by atoms with Crippen LogP contribution in [0, 0.1) is 0 Å². The van der Waals surface area contributed by atoms with Crippen LogP contribution in [-0.2, 0) is 4.74 Å². The van der Waals surface area contributed by atoms with E-state index in [1.165, 1.54) is 0 Å². The van der Waals surface area contributed by atoms with Crippen molar-refractivity contribution in [1.82, 2.24) is 20.1 Å². The zero-order valence-corrected chi connectivity index (χ0v) is 19.7. The molecule has 0 unspecified atom stereocenters. The molecule has 1 N–H and O–H groups in total. The van der Waals surface area contributed by atoms with E-state index in [2.05, 4.69) is 52.1 Å². The van der Waals surface area contributed by atoms with Gasteiger partial charge in [0.2, 0.25) is 5.88 Å². The normalized spacial score (nSPS) is 21.5. The van der Waals surface area contributed by atoms with Crippen molar-refractivity contribution < 1.29 is 9.47 Å². The van der Waals surface area contributed by atoms with E-state index >= 15 is 0 Å². The van der Waals surface area contributed by atoms with Gasteiger partial charge in [-0.2, -0.15) is 8.30 Å². The second-order valence-corrected chi connectivity index (χ2v) is 9.11. The Morgan fingerprint density at radius 1 is 1.13 bits per heavy atom. The summed E-state index contributed by atoms with van der Waals surface area (Å²) < 4.78 is 20.6. The fourth-order valence-corrected chi connectivity index (χ4v) is 5.35. The maximum atomic E-state index is 5.87.